The van der Waals surface area contributed by atoms with Crippen molar-refractivity contribution in [2.45, 2.75) is 356 Å². The average molecular weight is 1170 g/mol. The summed E-state index contributed by atoms with van der Waals surface area (Å²) >= 11 is 0. The van der Waals surface area contributed by atoms with Crippen molar-refractivity contribution in [2.24, 2.45) is 0 Å². The number of rotatable bonds is 21. The third kappa shape index (κ3) is 19.1. The lowest BCUT2D eigenvalue weighted by Crippen LogP contribution is -2.68. The Labute approximate surface area is 478 Å². The molecule has 81 heavy (non-hydrogen) atoms. The second-order valence-electron chi connectivity index (χ2n) is 23.6. The molecule has 6 heterocycles. The maximum atomic E-state index is 14.2. The lowest BCUT2D eigenvalue weighted by molar-refractivity contribution is -0.399. The van der Waals surface area contributed by atoms with Crippen LogP contribution in [0.1, 0.15) is 196 Å². The van der Waals surface area contributed by atoms with Crippen molar-refractivity contribution in [3.05, 3.63) is 0 Å². The van der Waals surface area contributed by atoms with Gasteiger partial charge >= 0.3 is 11.9 Å². The summed E-state index contributed by atoms with van der Waals surface area (Å²) in [5.41, 5.74) is 0. The zero-order chi connectivity index (χ0) is 58.9. The molecule has 23 heteroatoms. The predicted molar refractivity (Wildman–Crippen MR) is 287 cm³/mol. The highest BCUT2D eigenvalue weighted by molar-refractivity contribution is 5.70. The molecule has 0 aromatic rings. The molecule has 0 aliphatic carbocycles. The Bertz CT molecular complexity index is 1800. The van der Waals surface area contributed by atoms with Crippen LogP contribution in [0.2, 0.25) is 0 Å². The van der Waals surface area contributed by atoms with Crippen LogP contribution in [0, 0.1) is 0 Å². The highest BCUT2D eigenvalue weighted by Gasteiger charge is 2.58. The fourth-order valence-electron chi connectivity index (χ4n) is 11.7. The summed E-state index contributed by atoms with van der Waals surface area (Å²) in [5.74, 6) is -1.41. The van der Waals surface area contributed by atoms with E-state index in [4.69, 9.17) is 56.8 Å². The zero-order valence-electron chi connectivity index (χ0n) is 49.0. The SMILES string of the molecule is CCCCCCCCCCCC(=O)OC1C(OC2C(C)OC3OC4C(OC(CCCCC)CCCCCCCCCC(=O)OC2C3O)OC(C)C(O)C4O)OC(C)C(OC2OC(C)C(O)C(O)C2O)C1OC1OC(C)C(O)C(O)C1O. The lowest BCUT2D eigenvalue weighted by Gasteiger charge is -2.51. The Morgan fingerprint density at radius 1 is 0.432 bits per heavy atom. The monoisotopic (exact) mass is 1170 g/mol. The molecule has 0 spiro atoms. The van der Waals surface area contributed by atoms with E-state index in [1.54, 1.807) is 13.8 Å². The van der Waals surface area contributed by atoms with Crippen molar-refractivity contribution in [3.63, 3.8) is 0 Å². The molecule has 0 radical (unpaired) electrons. The minimum atomic E-state index is -1.88. The molecule has 0 saturated carbocycles. The smallest absolute Gasteiger partial charge is 0.306 e. The van der Waals surface area contributed by atoms with E-state index in [1.165, 1.54) is 33.6 Å². The third-order valence-electron chi connectivity index (χ3n) is 16.9. The van der Waals surface area contributed by atoms with Crippen LogP contribution in [-0.4, -0.2) is 218 Å². The summed E-state index contributed by atoms with van der Waals surface area (Å²) in [6, 6.07) is 0. The summed E-state index contributed by atoms with van der Waals surface area (Å²) < 4.78 is 76.0. The summed E-state index contributed by atoms with van der Waals surface area (Å²) in [4.78, 5) is 28.2. The van der Waals surface area contributed by atoms with Gasteiger partial charge in [0.15, 0.2) is 43.7 Å². The molecule has 0 aromatic carbocycles. The number of unbranched alkanes of at least 4 members (excludes halogenated alkanes) is 10. The summed E-state index contributed by atoms with van der Waals surface area (Å²) in [7, 11) is 0. The van der Waals surface area contributed by atoms with Crippen LogP contribution in [0.5, 0.6) is 0 Å². The second kappa shape index (κ2) is 33.9. The first-order valence-corrected chi connectivity index (χ1v) is 30.8. The van der Waals surface area contributed by atoms with Gasteiger partial charge in [0.2, 0.25) is 0 Å². The van der Waals surface area contributed by atoms with E-state index in [9.17, 15) is 55.5 Å². The summed E-state index contributed by atoms with van der Waals surface area (Å²) in [5, 5.41) is 101. The first-order chi connectivity index (χ1) is 38.7. The van der Waals surface area contributed by atoms with Crippen LogP contribution in [0.3, 0.4) is 0 Å². The van der Waals surface area contributed by atoms with E-state index in [2.05, 4.69) is 13.8 Å². The molecule has 26 unspecified atom stereocenters. The number of fused-ring (bicyclic) bond motifs is 3. The fraction of sp³-hybridized carbons (Fsp3) is 0.966. The van der Waals surface area contributed by atoms with Crippen LogP contribution in [0.15, 0.2) is 0 Å². The molecule has 9 N–H and O–H groups in total. The maximum absolute atomic E-state index is 14.2. The molecular weight excluding hydrogens is 1060 g/mol. The average Bonchev–Trinajstić information content (AvgIpc) is 3.48. The van der Waals surface area contributed by atoms with Crippen LogP contribution in [-0.2, 0) is 66.4 Å². The van der Waals surface area contributed by atoms with Gasteiger partial charge in [0.25, 0.3) is 0 Å². The van der Waals surface area contributed by atoms with Crippen molar-refractivity contribution < 1.29 is 112 Å². The highest BCUT2D eigenvalue weighted by Crippen LogP contribution is 2.39. The standard InChI is InChI=1S/C58H102O23/c1-8-10-12-13-14-15-18-21-26-30-38(60)77-53-52(81-55-46(68)43(65)40(62)32(4)71-55)49(78-54-45(67)42(64)39(61)31(3)70-54)35(7)74-58(53)79-48-34(6)73-56-47(69)50(48)76-37(59)29-25-22-19-16-17-20-24-28-36(27-23-11-9-2)75-57-51(80-56)44(66)41(63)33(5)72-57/h31-36,39-58,61-69H,8-30H2,1-7H3. The van der Waals surface area contributed by atoms with E-state index >= 15 is 0 Å². The molecule has 0 amide bonds. The molecule has 472 valence electrons. The Kier molecular flexibility index (Phi) is 28.6. The molecule has 6 aliphatic rings. The fourth-order valence-corrected chi connectivity index (χ4v) is 11.7. The first-order valence-electron chi connectivity index (χ1n) is 30.8. The topological polar surface area (TPSA) is 327 Å². The Morgan fingerprint density at radius 3 is 1.53 bits per heavy atom. The van der Waals surface area contributed by atoms with Gasteiger partial charge in [-0.2, -0.15) is 0 Å². The van der Waals surface area contributed by atoms with E-state index < -0.39 is 165 Å². The van der Waals surface area contributed by atoms with Crippen LogP contribution < -0.4 is 0 Å². The first kappa shape index (κ1) is 68.3. The normalized spacial score (nSPS) is 43.5. The number of aliphatic hydroxyl groups excluding tert-OH is 9. The molecule has 2 bridgehead atoms. The van der Waals surface area contributed by atoms with Crippen molar-refractivity contribution in [2.75, 3.05) is 0 Å². The van der Waals surface area contributed by atoms with Gasteiger partial charge in [0.1, 0.15) is 79.4 Å². The molecule has 6 rings (SSSR count). The quantitative estimate of drug-likeness (QED) is 0.0584. The number of carbonyl (C=O) groups excluding carboxylic acids is 2. The van der Waals surface area contributed by atoms with Crippen LogP contribution >= 0.6 is 0 Å². The van der Waals surface area contributed by atoms with Crippen molar-refractivity contribution in [3.8, 4) is 0 Å². The molecule has 6 aliphatic heterocycles. The maximum Gasteiger partial charge on any atom is 0.306 e. The van der Waals surface area contributed by atoms with E-state index in [0.29, 0.717) is 12.8 Å². The number of carbonyl (C=O) groups is 2. The molecule has 6 fully saturated rings. The Hall–Kier alpha value is -1.82. The van der Waals surface area contributed by atoms with Gasteiger partial charge in [-0.05, 0) is 60.3 Å². The van der Waals surface area contributed by atoms with Gasteiger partial charge < -0.3 is 103 Å². The van der Waals surface area contributed by atoms with Crippen molar-refractivity contribution >= 4 is 11.9 Å². The molecular formula is C58H102O23. The molecule has 26 atom stereocenters. The second-order valence-corrected chi connectivity index (χ2v) is 23.6. The van der Waals surface area contributed by atoms with Gasteiger partial charge in [-0.25, -0.2) is 0 Å². The van der Waals surface area contributed by atoms with Gasteiger partial charge in [-0.1, -0.05) is 123 Å². The highest BCUT2D eigenvalue weighted by atomic mass is 16.8. The molecule has 0 aromatic heterocycles. The predicted octanol–water partition coefficient (Wildman–Crippen LogP) is 3.73. The lowest BCUT2D eigenvalue weighted by atomic mass is 9.95. The minimum Gasteiger partial charge on any atom is -0.456 e. The van der Waals surface area contributed by atoms with Gasteiger partial charge in [-0.15, -0.1) is 0 Å². The van der Waals surface area contributed by atoms with Gasteiger partial charge in [0, 0.05) is 12.8 Å². The number of aliphatic hydroxyl groups is 9. The third-order valence-corrected chi connectivity index (χ3v) is 16.9. The Balaban J connectivity index is 1.34. The molecule has 6 saturated heterocycles. The zero-order valence-corrected chi connectivity index (χ0v) is 49.0. The number of hydrogen-bond acceptors (Lipinski definition) is 23. The minimum absolute atomic E-state index is 0.0155. The van der Waals surface area contributed by atoms with Crippen molar-refractivity contribution in [1.29, 1.82) is 0 Å². The van der Waals surface area contributed by atoms with Gasteiger partial charge in [-0.3, -0.25) is 9.59 Å². The van der Waals surface area contributed by atoms with E-state index in [-0.39, 0.29) is 18.9 Å². The van der Waals surface area contributed by atoms with E-state index in [0.717, 1.165) is 109 Å². The van der Waals surface area contributed by atoms with Crippen LogP contribution in [0.25, 0.3) is 0 Å². The summed E-state index contributed by atoms with van der Waals surface area (Å²) in [6.07, 6.45) is -19.0. The number of hydrogen-bond donors (Lipinski definition) is 9. The largest absolute Gasteiger partial charge is 0.456 e. The number of ether oxygens (including phenoxy) is 12. The van der Waals surface area contributed by atoms with Gasteiger partial charge in [0.05, 0.1) is 36.6 Å². The molecule has 23 nitrogen and oxygen atoms in total. The van der Waals surface area contributed by atoms with Crippen LogP contribution in [0.4, 0.5) is 0 Å². The van der Waals surface area contributed by atoms with E-state index in [1.807, 2.05) is 0 Å². The number of esters is 2. The Morgan fingerprint density at radius 2 is 0.914 bits per heavy atom. The van der Waals surface area contributed by atoms with Crippen molar-refractivity contribution in [1.82, 2.24) is 0 Å². The summed E-state index contributed by atoms with van der Waals surface area (Å²) in [6.45, 7) is 11.9.